The second-order valence-corrected chi connectivity index (χ2v) is 7.28. The molecule has 1 amide bonds. The molecule has 0 atom stereocenters. The van der Waals surface area contributed by atoms with Crippen LogP contribution in [-0.4, -0.2) is 78.5 Å². The van der Waals surface area contributed by atoms with Gasteiger partial charge in [-0.1, -0.05) is 0 Å². The van der Waals surface area contributed by atoms with Gasteiger partial charge in [-0.3, -0.25) is 9.78 Å². The van der Waals surface area contributed by atoms with E-state index in [9.17, 15) is 4.79 Å². The first kappa shape index (κ1) is 17.4. The molecule has 0 saturated carbocycles. The van der Waals surface area contributed by atoms with Crippen molar-refractivity contribution in [3.05, 3.63) is 30.1 Å². The van der Waals surface area contributed by atoms with Crippen molar-refractivity contribution >= 4 is 5.91 Å². The Morgan fingerprint density at radius 3 is 2.42 bits per heavy atom. The minimum Gasteiger partial charge on any atom is -0.340 e. The van der Waals surface area contributed by atoms with Gasteiger partial charge in [0.05, 0.1) is 0 Å². The zero-order chi connectivity index (χ0) is 16.8. The molecule has 1 aromatic rings. The number of hydrogen-bond donors (Lipinski definition) is 0. The lowest BCUT2D eigenvalue weighted by atomic mass is 9.92. The highest BCUT2D eigenvalue weighted by atomic mass is 16.2. The first-order valence-corrected chi connectivity index (χ1v) is 9.28. The predicted octanol–water partition coefficient (Wildman–Crippen LogP) is 1.50. The molecule has 0 aromatic carbocycles. The molecule has 5 heteroatoms. The van der Waals surface area contributed by atoms with Crippen molar-refractivity contribution < 1.29 is 4.79 Å². The number of piperidine rings is 1. The molecule has 2 saturated heterocycles. The average molecular weight is 330 g/mol. The van der Waals surface area contributed by atoms with Gasteiger partial charge in [-0.2, -0.15) is 0 Å². The first-order chi connectivity index (χ1) is 11.7. The van der Waals surface area contributed by atoms with Gasteiger partial charge in [0.15, 0.2) is 0 Å². The summed E-state index contributed by atoms with van der Waals surface area (Å²) >= 11 is 0. The average Bonchev–Trinajstić information content (AvgIpc) is 2.62. The standard InChI is InChI=1S/C19H30N4O/c1-21-12-14-23(15-13-21)19(24)16-18-5-10-22(11-6-18)9-4-17-2-7-20-8-3-17/h2-3,7-8,18H,4-6,9-16H2,1H3. The van der Waals surface area contributed by atoms with Gasteiger partial charge in [0.2, 0.25) is 5.91 Å². The fraction of sp³-hybridized carbons (Fsp3) is 0.684. The Labute approximate surface area is 145 Å². The monoisotopic (exact) mass is 330 g/mol. The van der Waals surface area contributed by atoms with Gasteiger partial charge in [-0.25, -0.2) is 0 Å². The van der Waals surface area contributed by atoms with E-state index in [0.29, 0.717) is 11.8 Å². The molecule has 2 fully saturated rings. The van der Waals surface area contributed by atoms with E-state index in [-0.39, 0.29) is 0 Å². The molecule has 132 valence electrons. The molecule has 2 aliphatic rings. The number of pyridine rings is 1. The molecule has 0 aliphatic carbocycles. The van der Waals surface area contributed by atoms with Gasteiger partial charge < -0.3 is 14.7 Å². The summed E-state index contributed by atoms with van der Waals surface area (Å²) in [7, 11) is 2.13. The number of amides is 1. The molecule has 1 aromatic heterocycles. The summed E-state index contributed by atoms with van der Waals surface area (Å²) in [6, 6.07) is 4.20. The van der Waals surface area contributed by atoms with Crippen LogP contribution < -0.4 is 0 Å². The van der Waals surface area contributed by atoms with Crippen LogP contribution in [0.25, 0.3) is 0 Å². The Kier molecular flexibility index (Phi) is 6.21. The van der Waals surface area contributed by atoms with Gasteiger partial charge in [0.1, 0.15) is 0 Å². The molecule has 0 unspecified atom stereocenters. The van der Waals surface area contributed by atoms with E-state index >= 15 is 0 Å². The minimum atomic E-state index is 0.373. The summed E-state index contributed by atoms with van der Waals surface area (Å²) in [6.45, 7) is 7.21. The van der Waals surface area contributed by atoms with Crippen molar-refractivity contribution in [2.45, 2.75) is 25.7 Å². The SMILES string of the molecule is CN1CCN(C(=O)CC2CCN(CCc3ccncc3)CC2)CC1. The van der Waals surface area contributed by atoms with E-state index in [2.05, 4.69) is 38.9 Å². The third-order valence-corrected chi connectivity index (χ3v) is 5.49. The molecule has 5 nitrogen and oxygen atoms in total. The van der Waals surface area contributed by atoms with Crippen molar-refractivity contribution in [3.63, 3.8) is 0 Å². The number of piperazine rings is 1. The van der Waals surface area contributed by atoms with E-state index in [1.54, 1.807) is 0 Å². The van der Waals surface area contributed by atoms with Crippen LogP contribution in [0.1, 0.15) is 24.8 Å². The van der Waals surface area contributed by atoms with Crippen LogP contribution in [0, 0.1) is 5.92 Å². The molecule has 0 N–H and O–H groups in total. The Morgan fingerprint density at radius 2 is 1.75 bits per heavy atom. The number of nitrogens with zero attached hydrogens (tertiary/aromatic N) is 4. The number of aromatic nitrogens is 1. The van der Waals surface area contributed by atoms with Crippen molar-refractivity contribution in [3.8, 4) is 0 Å². The van der Waals surface area contributed by atoms with E-state index < -0.39 is 0 Å². The summed E-state index contributed by atoms with van der Waals surface area (Å²) in [5.74, 6) is 0.952. The molecule has 3 rings (SSSR count). The Morgan fingerprint density at radius 1 is 1.08 bits per heavy atom. The number of carbonyl (C=O) groups excluding carboxylic acids is 1. The van der Waals surface area contributed by atoms with E-state index in [0.717, 1.165) is 71.5 Å². The molecule has 0 bridgehead atoms. The highest BCUT2D eigenvalue weighted by molar-refractivity contribution is 5.76. The molecule has 2 aliphatic heterocycles. The lowest BCUT2D eigenvalue weighted by molar-refractivity contribution is -0.134. The quantitative estimate of drug-likeness (QED) is 0.820. The third kappa shape index (κ3) is 5.02. The van der Waals surface area contributed by atoms with Crippen LogP contribution >= 0.6 is 0 Å². The molecule has 0 spiro atoms. The zero-order valence-corrected chi connectivity index (χ0v) is 14.9. The molecule has 3 heterocycles. The van der Waals surface area contributed by atoms with Crippen molar-refractivity contribution in [1.82, 2.24) is 19.7 Å². The number of likely N-dealkylation sites (N-methyl/N-ethyl adjacent to an activating group) is 1. The second-order valence-electron chi connectivity index (χ2n) is 7.28. The van der Waals surface area contributed by atoms with Gasteiger partial charge in [0, 0.05) is 51.5 Å². The highest BCUT2D eigenvalue weighted by Crippen LogP contribution is 2.22. The van der Waals surface area contributed by atoms with E-state index in [4.69, 9.17) is 0 Å². The number of rotatable bonds is 5. The summed E-state index contributed by atoms with van der Waals surface area (Å²) in [5, 5.41) is 0. The van der Waals surface area contributed by atoms with Crippen molar-refractivity contribution in [2.24, 2.45) is 5.92 Å². The first-order valence-electron chi connectivity index (χ1n) is 9.28. The predicted molar refractivity (Wildman–Crippen MR) is 95.8 cm³/mol. The second kappa shape index (κ2) is 8.58. The van der Waals surface area contributed by atoms with Crippen LogP contribution in [0.5, 0.6) is 0 Å². The summed E-state index contributed by atoms with van der Waals surface area (Å²) in [5.41, 5.74) is 1.36. The van der Waals surface area contributed by atoms with Gasteiger partial charge in [-0.05, 0) is 63.0 Å². The lowest BCUT2D eigenvalue weighted by Gasteiger charge is -2.35. The smallest absolute Gasteiger partial charge is 0.222 e. The minimum absolute atomic E-state index is 0.373. The Balaban J connectivity index is 1.35. The number of likely N-dealkylation sites (tertiary alicyclic amines) is 1. The van der Waals surface area contributed by atoms with Crippen molar-refractivity contribution in [2.75, 3.05) is 52.9 Å². The van der Waals surface area contributed by atoms with Crippen LogP contribution in [0.3, 0.4) is 0 Å². The van der Waals surface area contributed by atoms with Gasteiger partial charge in [0.25, 0.3) is 0 Å². The normalized spacial score (nSPS) is 21.1. The van der Waals surface area contributed by atoms with Crippen LogP contribution in [0.2, 0.25) is 0 Å². The van der Waals surface area contributed by atoms with Crippen LogP contribution in [0.4, 0.5) is 0 Å². The van der Waals surface area contributed by atoms with E-state index in [1.165, 1.54) is 5.56 Å². The van der Waals surface area contributed by atoms with Crippen LogP contribution in [-0.2, 0) is 11.2 Å². The Bertz CT molecular complexity index is 505. The highest BCUT2D eigenvalue weighted by Gasteiger charge is 2.25. The van der Waals surface area contributed by atoms with Gasteiger partial charge in [-0.15, -0.1) is 0 Å². The number of carbonyl (C=O) groups is 1. The van der Waals surface area contributed by atoms with Gasteiger partial charge >= 0.3 is 0 Å². The molecular weight excluding hydrogens is 300 g/mol. The maximum absolute atomic E-state index is 12.5. The summed E-state index contributed by atoms with van der Waals surface area (Å²) in [6.07, 6.45) is 7.90. The third-order valence-electron chi connectivity index (χ3n) is 5.49. The molecule has 0 radical (unpaired) electrons. The number of hydrogen-bond acceptors (Lipinski definition) is 4. The van der Waals surface area contributed by atoms with E-state index in [1.807, 2.05) is 12.4 Å². The van der Waals surface area contributed by atoms with Crippen molar-refractivity contribution in [1.29, 1.82) is 0 Å². The maximum Gasteiger partial charge on any atom is 0.222 e. The maximum atomic E-state index is 12.5. The zero-order valence-electron chi connectivity index (χ0n) is 14.9. The fourth-order valence-corrected chi connectivity index (χ4v) is 3.68. The molecular formula is C19H30N4O. The largest absolute Gasteiger partial charge is 0.340 e. The lowest BCUT2D eigenvalue weighted by Crippen LogP contribution is -2.47. The Hall–Kier alpha value is -1.46. The summed E-state index contributed by atoms with van der Waals surface area (Å²) < 4.78 is 0. The summed E-state index contributed by atoms with van der Waals surface area (Å²) in [4.78, 5) is 23.4. The topological polar surface area (TPSA) is 39.7 Å². The van der Waals surface area contributed by atoms with Crippen LogP contribution in [0.15, 0.2) is 24.5 Å². The molecule has 24 heavy (non-hydrogen) atoms. The fourth-order valence-electron chi connectivity index (χ4n) is 3.68.